The first-order chi connectivity index (χ1) is 8.36. The second-order valence-electron chi connectivity index (χ2n) is 7.76. The summed E-state index contributed by atoms with van der Waals surface area (Å²) in [6.45, 7) is 5.71. The highest BCUT2D eigenvalue weighted by Crippen LogP contribution is 2.60. The van der Waals surface area contributed by atoms with E-state index in [-0.39, 0.29) is 11.4 Å². The Bertz CT molecular complexity index is 318. The largest absolute Gasteiger partial charge is 0.348 e. The van der Waals surface area contributed by atoms with Crippen molar-refractivity contribution in [1.29, 1.82) is 0 Å². The maximum Gasteiger partial charge on any atom is 0.348 e. The molecule has 0 unspecified atom stereocenters. The lowest BCUT2D eigenvalue weighted by molar-refractivity contribution is -0.330. The number of hydrogen-bond acceptors (Lipinski definition) is 3. The zero-order valence-corrected chi connectivity index (χ0v) is 11.7. The topological polar surface area (TPSA) is 35.5 Å². The van der Waals surface area contributed by atoms with Crippen LogP contribution in [0.4, 0.5) is 0 Å². The molecule has 4 saturated carbocycles. The minimum Gasteiger partial charge on any atom is -0.297 e. The van der Waals surface area contributed by atoms with Gasteiger partial charge in [0.15, 0.2) is 0 Å². The van der Waals surface area contributed by atoms with Gasteiger partial charge in [0.25, 0.3) is 0 Å². The lowest BCUT2D eigenvalue weighted by atomic mass is 9.49. The van der Waals surface area contributed by atoms with Gasteiger partial charge in [0.05, 0.1) is 5.41 Å². The molecule has 18 heavy (non-hydrogen) atoms. The molecule has 0 saturated heterocycles. The second kappa shape index (κ2) is 3.96. The fraction of sp³-hybridized carbons (Fsp3) is 0.933. The number of hydrogen-bond donors (Lipinski definition) is 0. The van der Waals surface area contributed by atoms with Gasteiger partial charge in [-0.2, -0.15) is 4.89 Å². The summed E-state index contributed by atoms with van der Waals surface area (Å²) in [6.07, 6.45) is 7.12. The third-order valence-electron chi connectivity index (χ3n) is 4.84. The highest BCUT2D eigenvalue weighted by molar-refractivity contribution is 5.77. The highest BCUT2D eigenvalue weighted by atomic mass is 17.2. The smallest absolute Gasteiger partial charge is 0.297 e. The summed E-state index contributed by atoms with van der Waals surface area (Å²) in [5.74, 6) is 2.19. The Morgan fingerprint density at radius 2 is 1.44 bits per heavy atom. The highest BCUT2D eigenvalue weighted by Gasteiger charge is 2.56. The normalized spacial score (nSPS) is 42.1. The van der Waals surface area contributed by atoms with Gasteiger partial charge in [0.1, 0.15) is 5.60 Å². The van der Waals surface area contributed by atoms with Gasteiger partial charge in [0, 0.05) is 0 Å². The van der Waals surface area contributed by atoms with Crippen LogP contribution in [-0.4, -0.2) is 11.6 Å². The summed E-state index contributed by atoms with van der Waals surface area (Å²) in [7, 11) is 0. The Balaban J connectivity index is 1.69. The van der Waals surface area contributed by atoms with Gasteiger partial charge in [-0.05, 0) is 77.0 Å². The van der Waals surface area contributed by atoms with Crippen LogP contribution in [0.15, 0.2) is 0 Å². The first kappa shape index (κ1) is 12.5. The third kappa shape index (κ3) is 2.18. The molecule has 0 amide bonds. The molecular formula is C15H24O3. The standard InChI is InChI=1S/C15H24O3/c1-14(2,3)18-17-13(16)15-7-10-4-11(8-15)6-12(5-10)9-15/h10-12H,4-9H2,1-3H3. The van der Waals surface area contributed by atoms with Gasteiger partial charge >= 0.3 is 5.97 Å². The minimum atomic E-state index is -0.419. The van der Waals surface area contributed by atoms with E-state index < -0.39 is 5.60 Å². The van der Waals surface area contributed by atoms with Crippen molar-refractivity contribution in [2.24, 2.45) is 23.2 Å². The molecule has 3 nitrogen and oxygen atoms in total. The molecule has 0 radical (unpaired) electrons. The summed E-state index contributed by atoms with van der Waals surface area (Å²) in [5, 5.41) is 0. The zero-order chi connectivity index (χ0) is 13.0. The van der Waals surface area contributed by atoms with Crippen LogP contribution in [0.2, 0.25) is 0 Å². The molecule has 0 aromatic carbocycles. The van der Waals surface area contributed by atoms with Gasteiger partial charge in [-0.1, -0.05) is 0 Å². The van der Waals surface area contributed by atoms with Crippen LogP contribution in [0.3, 0.4) is 0 Å². The van der Waals surface area contributed by atoms with E-state index in [0.717, 1.165) is 37.0 Å². The van der Waals surface area contributed by atoms with Gasteiger partial charge in [-0.15, -0.1) is 0 Å². The summed E-state index contributed by atoms with van der Waals surface area (Å²) >= 11 is 0. The summed E-state index contributed by atoms with van der Waals surface area (Å²) in [6, 6.07) is 0. The van der Waals surface area contributed by atoms with Crippen molar-refractivity contribution in [3.05, 3.63) is 0 Å². The molecule has 0 aliphatic heterocycles. The van der Waals surface area contributed by atoms with Crippen LogP contribution in [0.25, 0.3) is 0 Å². The second-order valence-corrected chi connectivity index (χ2v) is 7.76. The van der Waals surface area contributed by atoms with E-state index in [0.29, 0.717) is 0 Å². The first-order valence-electron chi connectivity index (χ1n) is 7.26. The molecule has 102 valence electrons. The Kier molecular flexibility index (Phi) is 2.74. The Morgan fingerprint density at radius 3 is 1.83 bits per heavy atom. The van der Waals surface area contributed by atoms with E-state index in [1.165, 1.54) is 19.3 Å². The van der Waals surface area contributed by atoms with E-state index in [2.05, 4.69) is 0 Å². The van der Waals surface area contributed by atoms with Crippen LogP contribution in [0.1, 0.15) is 59.3 Å². The monoisotopic (exact) mass is 252 g/mol. The van der Waals surface area contributed by atoms with Crippen molar-refractivity contribution in [1.82, 2.24) is 0 Å². The molecule has 0 atom stereocenters. The van der Waals surface area contributed by atoms with Gasteiger partial charge in [-0.25, -0.2) is 4.79 Å². The quantitative estimate of drug-likeness (QED) is 0.557. The van der Waals surface area contributed by atoms with Crippen molar-refractivity contribution in [3.8, 4) is 0 Å². The molecule has 4 bridgehead atoms. The molecule has 0 N–H and O–H groups in total. The SMILES string of the molecule is CC(C)(C)OOC(=O)C12CC3CC(CC(C3)C1)C2. The third-order valence-corrected chi connectivity index (χ3v) is 4.84. The number of rotatable bonds is 2. The van der Waals surface area contributed by atoms with Crippen molar-refractivity contribution in [2.45, 2.75) is 64.9 Å². The number of carbonyl (C=O) groups is 1. The van der Waals surface area contributed by atoms with E-state index in [1.807, 2.05) is 20.8 Å². The molecule has 0 aromatic heterocycles. The van der Waals surface area contributed by atoms with Crippen LogP contribution in [0.5, 0.6) is 0 Å². The lowest BCUT2D eigenvalue weighted by Crippen LogP contribution is -2.50. The van der Waals surface area contributed by atoms with Gasteiger partial charge < -0.3 is 0 Å². The molecule has 0 heterocycles. The fourth-order valence-electron chi connectivity index (χ4n) is 4.61. The molecule has 4 rings (SSSR count). The molecule has 4 fully saturated rings. The van der Waals surface area contributed by atoms with Gasteiger partial charge in [-0.3, -0.25) is 4.89 Å². The van der Waals surface area contributed by atoms with Crippen LogP contribution in [0, 0.1) is 23.2 Å². The molecular weight excluding hydrogens is 228 g/mol. The molecule has 0 spiro atoms. The lowest BCUT2D eigenvalue weighted by Gasteiger charge is -2.54. The van der Waals surface area contributed by atoms with E-state index in [1.54, 1.807) is 0 Å². The van der Waals surface area contributed by atoms with Crippen molar-refractivity contribution in [3.63, 3.8) is 0 Å². The van der Waals surface area contributed by atoms with Crippen molar-refractivity contribution < 1.29 is 14.6 Å². The average Bonchev–Trinajstić information content (AvgIpc) is 2.22. The maximum absolute atomic E-state index is 12.4. The van der Waals surface area contributed by atoms with Crippen molar-refractivity contribution >= 4 is 5.97 Å². The van der Waals surface area contributed by atoms with Crippen LogP contribution < -0.4 is 0 Å². The molecule has 0 aromatic rings. The Labute approximate surface area is 109 Å². The molecule has 4 aliphatic carbocycles. The molecule has 3 heteroatoms. The Morgan fingerprint density at radius 1 is 1.00 bits per heavy atom. The predicted octanol–water partition coefficient (Wildman–Crippen LogP) is 3.48. The van der Waals surface area contributed by atoms with E-state index in [9.17, 15) is 4.79 Å². The Hall–Kier alpha value is -0.570. The van der Waals surface area contributed by atoms with E-state index in [4.69, 9.17) is 9.78 Å². The van der Waals surface area contributed by atoms with Crippen molar-refractivity contribution in [2.75, 3.05) is 0 Å². The van der Waals surface area contributed by atoms with Crippen LogP contribution >= 0.6 is 0 Å². The van der Waals surface area contributed by atoms with Crippen LogP contribution in [-0.2, 0) is 14.6 Å². The predicted molar refractivity (Wildman–Crippen MR) is 67.5 cm³/mol. The van der Waals surface area contributed by atoms with E-state index >= 15 is 0 Å². The first-order valence-corrected chi connectivity index (χ1v) is 7.26. The minimum absolute atomic E-state index is 0.100. The zero-order valence-electron chi connectivity index (χ0n) is 11.7. The maximum atomic E-state index is 12.4. The number of carbonyl (C=O) groups excluding carboxylic acids is 1. The summed E-state index contributed by atoms with van der Waals surface area (Å²) < 4.78 is 0. The van der Waals surface area contributed by atoms with Gasteiger partial charge in [0.2, 0.25) is 0 Å². The average molecular weight is 252 g/mol. The fourth-order valence-corrected chi connectivity index (χ4v) is 4.61. The molecule has 4 aliphatic rings. The summed E-state index contributed by atoms with van der Waals surface area (Å²) in [5.41, 5.74) is -0.627. The summed E-state index contributed by atoms with van der Waals surface area (Å²) in [4.78, 5) is 22.8.